The maximum atomic E-state index is 13.0. The molecule has 6 heteroatoms. The van der Waals surface area contributed by atoms with E-state index in [4.69, 9.17) is 9.47 Å². The minimum Gasteiger partial charge on any atom is -0.497 e. The molecule has 4 aromatic rings. The van der Waals surface area contributed by atoms with Gasteiger partial charge in [0.15, 0.2) is 5.43 Å². The van der Waals surface area contributed by atoms with Crippen molar-refractivity contribution in [3.05, 3.63) is 77.0 Å². The predicted octanol–water partition coefficient (Wildman–Crippen LogP) is 3.81. The Balaban J connectivity index is 1.77. The number of benzene rings is 3. The van der Waals surface area contributed by atoms with E-state index in [1.54, 1.807) is 56.7 Å². The van der Waals surface area contributed by atoms with Crippen LogP contribution in [0.4, 0.5) is 5.69 Å². The second-order valence-corrected chi connectivity index (χ2v) is 6.59. The molecule has 4 rings (SSSR count). The summed E-state index contributed by atoms with van der Waals surface area (Å²) in [6.07, 6.45) is 0. The summed E-state index contributed by atoms with van der Waals surface area (Å²) in [7, 11) is 3.15. The van der Waals surface area contributed by atoms with Crippen molar-refractivity contribution in [3.8, 4) is 11.5 Å². The van der Waals surface area contributed by atoms with Gasteiger partial charge in [0, 0.05) is 16.5 Å². The first-order valence-corrected chi connectivity index (χ1v) is 9.14. The summed E-state index contributed by atoms with van der Waals surface area (Å²) in [6, 6.07) is 19.7. The van der Waals surface area contributed by atoms with Crippen LogP contribution in [0, 0.1) is 0 Å². The van der Waals surface area contributed by atoms with Crippen molar-refractivity contribution < 1.29 is 14.3 Å². The molecule has 3 aromatic carbocycles. The van der Waals surface area contributed by atoms with Crippen LogP contribution in [-0.4, -0.2) is 24.7 Å². The van der Waals surface area contributed by atoms with E-state index in [1.165, 1.54) is 0 Å². The van der Waals surface area contributed by atoms with Gasteiger partial charge in [0.2, 0.25) is 5.91 Å². The normalized spacial score (nSPS) is 10.8. The number of nitrogens with one attached hydrogen (secondary N) is 1. The molecule has 0 aliphatic rings. The van der Waals surface area contributed by atoms with Crippen LogP contribution in [0.2, 0.25) is 0 Å². The average Bonchev–Trinajstić information content (AvgIpc) is 2.76. The van der Waals surface area contributed by atoms with E-state index in [-0.39, 0.29) is 17.9 Å². The van der Waals surface area contributed by atoms with Crippen LogP contribution in [0.25, 0.3) is 21.8 Å². The van der Waals surface area contributed by atoms with E-state index in [0.29, 0.717) is 39.0 Å². The Hall–Kier alpha value is -3.80. The van der Waals surface area contributed by atoms with E-state index < -0.39 is 0 Å². The van der Waals surface area contributed by atoms with Crippen LogP contribution >= 0.6 is 0 Å². The Morgan fingerprint density at radius 1 is 0.862 bits per heavy atom. The number of carbonyl (C=O) groups is 1. The van der Waals surface area contributed by atoms with Crippen molar-refractivity contribution in [2.75, 3.05) is 19.5 Å². The number of hydrogen-bond acceptors (Lipinski definition) is 4. The van der Waals surface area contributed by atoms with Crippen LogP contribution in [0.3, 0.4) is 0 Å². The number of anilines is 1. The lowest BCUT2D eigenvalue weighted by atomic mass is 10.1. The maximum Gasteiger partial charge on any atom is 0.244 e. The van der Waals surface area contributed by atoms with Gasteiger partial charge in [-0.15, -0.1) is 0 Å². The number of amides is 1. The van der Waals surface area contributed by atoms with Gasteiger partial charge in [-0.05, 0) is 54.6 Å². The number of ether oxygens (including phenoxy) is 2. The SMILES string of the molecule is COc1ccc(NC(=O)Cn2c3ccccc3c(=O)c3cc(OC)ccc32)cc1. The number of para-hydroxylation sites is 1. The van der Waals surface area contributed by atoms with Crippen molar-refractivity contribution >= 4 is 33.4 Å². The van der Waals surface area contributed by atoms with Crippen LogP contribution < -0.4 is 20.2 Å². The first-order valence-electron chi connectivity index (χ1n) is 9.14. The molecule has 0 unspecified atom stereocenters. The lowest BCUT2D eigenvalue weighted by Gasteiger charge is -2.16. The summed E-state index contributed by atoms with van der Waals surface area (Å²) in [6.45, 7) is 0.0651. The second-order valence-electron chi connectivity index (χ2n) is 6.59. The molecule has 0 saturated carbocycles. The predicted molar refractivity (Wildman–Crippen MR) is 114 cm³/mol. The Bertz CT molecular complexity index is 1260. The molecule has 0 atom stereocenters. The zero-order valence-corrected chi connectivity index (χ0v) is 16.1. The summed E-state index contributed by atoms with van der Waals surface area (Å²) in [5.41, 5.74) is 1.98. The van der Waals surface area contributed by atoms with Gasteiger partial charge in [0.1, 0.15) is 18.0 Å². The van der Waals surface area contributed by atoms with E-state index in [0.717, 1.165) is 0 Å². The van der Waals surface area contributed by atoms with Crippen LogP contribution in [0.15, 0.2) is 71.5 Å². The summed E-state index contributed by atoms with van der Waals surface area (Å²) in [5, 5.41) is 3.96. The Kier molecular flexibility index (Phi) is 4.91. The number of hydrogen-bond donors (Lipinski definition) is 1. The largest absolute Gasteiger partial charge is 0.497 e. The number of pyridine rings is 1. The third-order valence-corrected chi connectivity index (χ3v) is 4.85. The Labute approximate surface area is 167 Å². The molecule has 0 saturated heterocycles. The molecular weight excluding hydrogens is 368 g/mol. The van der Waals surface area contributed by atoms with E-state index in [2.05, 4.69) is 5.32 Å². The Morgan fingerprint density at radius 2 is 1.52 bits per heavy atom. The topological polar surface area (TPSA) is 69.6 Å². The monoisotopic (exact) mass is 388 g/mol. The summed E-state index contributed by atoms with van der Waals surface area (Å²) in [4.78, 5) is 25.7. The molecule has 0 fully saturated rings. The molecule has 0 spiro atoms. The zero-order chi connectivity index (χ0) is 20.4. The van der Waals surface area contributed by atoms with Gasteiger partial charge in [-0.2, -0.15) is 0 Å². The van der Waals surface area contributed by atoms with Gasteiger partial charge >= 0.3 is 0 Å². The van der Waals surface area contributed by atoms with Crippen LogP contribution in [0.1, 0.15) is 0 Å². The number of carbonyl (C=O) groups excluding carboxylic acids is 1. The minimum absolute atomic E-state index is 0.0651. The molecule has 1 amide bonds. The molecule has 0 radical (unpaired) electrons. The number of rotatable bonds is 5. The standard InChI is InChI=1S/C23H20N2O4/c1-28-16-9-7-15(8-10-16)24-22(26)14-25-20-6-4-3-5-18(20)23(27)19-13-17(29-2)11-12-21(19)25/h3-13H,14H2,1-2H3,(H,24,26). The highest BCUT2D eigenvalue weighted by Crippen LogP contribution is 2.23. The number of methoxy groups -OCH3 is 2. The van der Waals surface area contributed by atoms with Gasteiger partial charge in [0.25, 0.3) is 0 Å². The first kappa shape index (κ1) is 18.6. The van der Waals surface area contributed by atoms with E-state index >= 15 is 0 Å². The molecule has 0 aliphatic carbocycles. The van der Waals surface area contributed by atoms with Gasteiger partial charge < -0.3 is 19.4 Å². The quantitative estimate of drug-likeness (QED) is 0.528. The van der Waals surface area contributed by atoms with E-state index in [9.17, 15) is 9.59 Å². The van der Waals surface area contributed by atoms with Crippen molar-refractivity contribution in [2.24, 2.45) is 0 Å². The van der Waals surface area contributed by atoms with Gasteiger partial charge in [-0.25, -0.2) is 0 Å². The smallest absolute Gasteiger partial charge is 0.244 e. The summed E-state index contributed by atoms with van der Waals surface area (Å²) >= 11 is 0. The number of nitrogens with zero attached hydrogens (tertiary/aromatic N) is 1. The molecule has 0 bridgehead atoms. The van der Waals surface area contributed by atoms with Gasteiger partial charge in [-0.3, -0.25) is 9.59 Å². The van der Waals surface area contributed by atoms with Crippen molar-refractivity contribution in [1.82, 2.24) is 4.57 Å². The second kappa shape index (κ2) is 7.67. The van der Waals surface area contributed by atoms with Crippen molar-refractivity contribution in [1.29, 1.82) is 0 Å². The molecule has 1 aromatic heterocycles. The third kappa shape index (κ3) is 3.52. The maximum absolute atomic E-state index is 13.0. The van der Waals surface area contributed by atoms with Gasteiger partial charge in [-0.1, -0.05) is 12.1 Å². The highest BCUT2D eigenvalue weighted by Gasteiger charge is 2.14. The fourth-order valence-electron chi connectivity index (χ4n) is 3.42. The molecule has 146 valence electrons. The van der Waals surface area contributed by atoms with E-state index in [1.807, 2.05) is 28.8 Å². The molecular formula is C23H20N2O4. The van der Waals surface area contributed by atoms with Crippen LogP contribution in [-0.2, 0) is 11.3 Å². The lowest BCUT2D eigenvalue weighted by molar-refractivity contribution is -0.116. The summed E-state index contributed by atoms with van der Waals surface area (Å²) < 4.78 is 12.3. The Morgan fingerprint density at radius 3 is 2.24 bits per heavy atom. The lowest BCUT2D eigenvalue weighted by Crippen LogP contribution is -2.21. The number of aromatic nitrogens is 1. The van der Waals surface area contributed by atoms with Crippen LogP contribution in [0.5, 0.6) is 11.5 Å². The zero-order valence-electron chi connectivity index (χ0n) is 16.1. The third-order valence-electron chi connectivity index (χ3n) is 4.85. The molecule has 0 aliphatic heterocycles. The average molecular weight is 388 g/mol. The minimum atomic E-state index is -0.193. The molecule has 1 N–H and O–H groups in total. The van der Waals surface area contributed by atoms with Crippen molar-refractivity contribution in [3.63, 3.8) is 0 Å². The fourth-order valence-corrected chi connectivity index (χ4v) is 3.42. The van der Waals surface area contributed by atoms with Crippen molar-refractivity contribution in [2.45, 2.75) is 6.54 Å². The highest BCUT2D eigenvalue weighted by atomic mass is 16.5. The first-order chi connectivity index (χ1) is 14.1. The molecule has 6 nitrogen and oxygen atoms in total. The summed E-state index contributed by atoms with van der Waals surface area (Å²) in [5.74, 6) is 1.12. The number of fused-ring (bicyclic) bond motifs is 2. The fraction of sp³-hybridized carbons (Fsp3) is 0.130. The molecule has 29 heavy (non-hydrogen) atoms. The highest BCUT2D eigenvalue weighted by molar-refractivity contribution is 5.97. The molecule has 1 heterocycles. The van der Waals surface area contributed by atoms with Gasteiger partial charge in [0.05, 0.1) is 25.3 Å².